The maximum Gasteiger partial charge on any atom is 0.272 e. The van der Waals surface area contributed by atoms with E-state index in [0.717, 1.165) is 0 Å². The van der Waals surface area contributed by atoms with Crippen LogP contribution in [0.4, 0.5) is 5.69 Å². The lowest BCUT2D eigenvalue weighted by atomic mass is 9.98. The highest BCUT2D eigenvalue weighted by Gasteiger charge is 2.30. The van der Waals surface area contributed by atoms with Crippen LogP contribution in [-0.2, 0) is 6.54 Å². The molecular formula is C11H20N4O3. The summed E-state index contributed by atoms with van der Waals surface area (Å²) in [6.45, 7) is 3.44. The highest BCUT2D eigenvalue weighted by atomic mass is 16.3. The molecule has 1 heterocycles. The molecule has 0 aliphatic carbocycles. The molecule has 0 saturated carbocycles. The second-order valence-electron chi connectivity index (χ2n) is 4.17. The molecule has 1 rings (SSSR count). The Kier molecular flexibility index (Phi) is 4.69. The van der Waals surface area contributed by atoms with Gasteiger partial charge < -0.3 is 21.3 Å². The van der Waals surface area contributed by atoms with E-state index in [9.17, 15) is 15.0 Å². The normalized spacial score (nSPS) is 11.6. The molecule has 0 fully saturated rings. The number of amides is 1. The van der Waals surface area contributed by atoms with Crippen LogP contribution in [0.15, 0.2) is 6.20 Å². The lowest BCUT2D eigenvalue weighted by Gasteiger charge is -2.29. The zero-order chi connectivity index (χ0) is 13.8. The number of aryl methyl sites for hydroxylation is 1. The molecule has 0 radical (unpaired) electrons. The standard InChI is InChI=1S/C11H20N4O3/c1-3-11(6-16,7-17)14-10(18)9-8(12)5-13-15(9)4-2/h5,16-17H,3-4,6-7,12H2,1-2H3,(H,14,18). The van der Waals surface area contributed by atoms with Crippen molar-refractivity contribution in [2.24, 2.45) is 0 Å². The second-order valence-corrected chi connectivity index (χ2v) is 4.17. The van der Waals surface area contributed by atoms with Gasteiger partial charge in [0.05, 0.1) is 30.6 Å². The van der Waals surface area contributed by atoms with Crippen LogP contribution in [0.1, 0.15) is 30.8 Å². The van der Waals surface area contributed by atoms with E-state index in [1.54, 1.807) is 6.92 Å². The van der Waals surface area contributed by atoms with E-state index in [1.807, 2.05) is 6.92 Å². The van der Waals surface area contributed by atoms with Crippen molar-refractivity contribution in [3.8, 4) is 0 Å². The number of aliphatic hydroxyl groups excluding tert-OH is 2. The molecule has 5 N–H and O–H groups in total. The molecule has 0 aliphatic heterocycles. The first-order chi connectivity index (χ1) is 8.53. The number of nitrogens with zero attached hydrogens (tertiary/aromatic N) is 2. The molecule has 1 amide bonds. The molecule has 0 aliphatic rings. The summed E-state index contributed by atoms with van der Waals surface area (Å²) >= 11 is 0. The van der Waals surface area contributed by atoms with E-state index >= 15 is 0 Å². The molecule has 1 aromatic heterocycles. The van der Waals surface area contributed by atoms with E-state index in [2.05, 4.69) is 10.4 Å². The minimum absolute atomic E-state index is 0.247. The van der Waals surface area contributed by atoms with Crippen LogP contribution in [0.5, 0.6) is 0 Å². The van der Waals surface area contributed by atoms with Crippen LogP contribution in [0.3, 0.4) is 0 Å². The third kappa shape index (κ3) is 2.62. The SMILES string of the molecule is CCn1ncc(N)c1C(=O)NC(CC)(CO)CO. The average molecular weight is 256 g/mol. The average Bonchev–Trinajstić information content (AvgIpc) is 2.77. The molecule has 0 saturated heterocycles. The van der Waals surface area contributed by atoms with E-state index in [4.69, 9.17) is 5.73 Å². The highest BCUT2D eigenvalue weighted by Crippen LogP contribution is 2.14. The summed E-state index contributed by atoms with van der Waals surface area (Å²) in [5.41, 5.74) is 5.18. The first-order valence-corrected chi connectivity index (χ1v) is 5.89. The van der Waals surface area contributed by atoms with Crippen molar-refractivity contribution >= 4 is 11.6 Å². The number of anilines is 1. The fourth-order valence-electron chi connectivity index (χ4n) is 1.63. The Hall–Kier alpha value is -1.60. The lowest BCUT2D eigenvalue weighted by molar-refractivity contribution is 0.0645. The van der Waals surface area contributed by atoms with Crippen LogP contribution >= 0.6 is 0 Å². The van der Waals surface area contributed by atoms with Crippen LogP contribution < -0.4 is 11.1 Å². The highest BCUT2D eigenvalue weighted by molar-refractivity contribution is 5.97. The Balaban J connectivity index is 2.97. The summed E-state index contributed by atoms with van der Waals surface area (Å²) in [6, 6.07) is 0. The molecule has 0 atom stereocenters. The van der Waals surface area contributed by atoms with Crippen LogP contribution in [0, 0.1) is 0 Å². The summed E-state index contributed by atoms with van der Waals surface area (Å²) in [7, 11) is 0. The van der Waals surface area contributed by atoms with Gasteiger partial charge in [-0.25, -0.2) is 0 Å². The zero-order valence-corrected chi connectivity index (χ0v) is 10.7. The van der Waals surface area contributed by atoms with E-state index in [0.29, 0.717) is 13.0 Å². The zero-order valence-electron chi connectivity index (χ0n) is 10.7. The quantitative estimate of drug-likeness (QED) is 0.540. The first-order valence-electron chi connectivity index (χ1n) is 5.89. The number of nitrogens with one attached hydrogen (secondary N) is 1. The predicted molar refractivity (Wildman–Crippen MR) is 67.0 cm³/mol. The first kappa shape index (κ1) is 14.5. The maximum atomic E-state index is 12.1. The topological polar surface area (TPSA) is 113 Å². The summed E-state index contributed by atoms with van der Waals surface area (Å²) in [5.74, 6) is -0.447. The Morgan fingerprint density at radius 2 is 2.11 bits per heavy atom. The van der Waals surface area contributed by atoms with Crippen molar-refractivity contribution in [2.75, 3.05) is 18.9 Å². The summed E-state index contributed by atoms with van der Waals surface area (Å²) < 4.78 is 1.47. The van der Waals surface area contributed by atoms with Crippen molar-refractivity contribution in [1.82, 2.24) is 15.1 Å². The number of rotatable bonds is 6. The molecule has 18 heavy (non-hydrogen) atoms. The van der Waals surface area contributed by atoms with Gasteiger partial charge in [0, 0.05) is 6.54 Å². The van der Waals surface area contributed by atoms with Gasteiger partial charge in [0.1, 0.15) is 5.69 Å². The van der Waals surface area contributed by atoms with Crippen molar-refractivity contribution < 1.29 is 15.0 Å². The maximum absolute atomic E-state index is 12.1. The van der Waals surface area contributed by atoms with Crippen molar-refractivity contribution in [3.05, 3.63) is 11.9 Å². The van der Waals surface area contributed by atoms with Gasteiger partial charge in [-0.2, -0.15) is 5.10 Å². The molecule has 7 heteroatoms. The number of hydrogen-bond acceptors (Lipinski definition) is 5. The van der Waals surface area contributed by atoms with Gasteiger partial charge in [-0.15, -0.1) is 0 Å². The van der Waals surface area contributed by atoms with Gasteiger partial charge in [0.15, 0.2) is 0 Å². The van der Waals surface area contributed by atoms with Gasteiger partial charge in [-0.3, -0.25) is 9.48 Å². The molecule has 0 aromatic carbocycles. The van der Waals surface area contributed by atoms with Crippen molar-refractivity contribution in [2.45, 2.75) is 32.4 Å². The van der Waals surface area contributed by atoms with E-state index in [-0.39, 0.29) is 24.6 Å². The van der Waals surface area contributed by atoms with Gasteiger partial charge >= 0.3 is 0 Å². The fraction of sp³-hybridized carbons (Fsp3) is 0.636. The number of carbonyl (C=O) groups is 1. The minimum Gasteiger partial charge on any atom is -0.396 e. The molecule has 7 nitrogen and oxygen atoms in total. The number of hydrogen-bond donors (Lipinski definition) is 4. The van der Waals surface area contributed by atoms with E-state index < -0.39 is 11.4 Å². The van der Waals surface area contributed by atoms with Gasteiger partial charge in [0.25, 0.3) is 5.91 Å². The predicted octanol–water partition coefficient (Wildman–Crippen LogP) is -0.652. The van der Waals surface area contributed by atoms with Crippen molar-refractivity contribution in [1.29, 1.82) is 0 Å². The molecular weight excluding hydrogens is 236 g/mol. The number of nitrogens with two attached hydrogens (primary N) is 1. The monoisotopic (exact) mass is 256 g/mol. The number of carbonyl (C=O) groups excluding carboxylic acids is 1. The van der Waals surface area contributed by atoms with Gasteiger partial charge in [-0.05, 0) is 13.3 Å². The van der Waals surface area contributed by atoms with Gasteiger partial charge in [0.2, 0.25) is 0 Å². The van der Waals surface area contributed by atoms with Gasteiger partial charge in [-0.1, -0.05) is 6.92 Å². The van der Waals surface area contributed by atoms with E-state index in [1.165, 1.54) is 10.9 Å². The lowest BCUT2D eigenvalue weighted by Crippen LogP contribution is -2.54. The summed E-state index contributed by atoms with van der Waals surface area (Å²) in [4.78, 5) is 12.1. The molecule has 1 aromatic rings. The Bertz CT molecular complexity index is 404. The van der Waals surface area contributed by atoms with Crippen LogP contribution in [0.25, 0.3) is 0 Å². The number of aromatic nitrogens is 2. The largest absolute Gasteiger partial charge is 0.396 e. The number of aliphatic hydroxyl groups is 2. The van der Waals surface area contributed by atoms with Crippen LogP contribution in [-0.4, -0.2) is 44.7 Å². The third-order valence-electron chi connectivity index (χ3n) is 3.04. The van der Waals surface area contributed by atoms with Crippen LogP contribution in [0.2, 0.25) is 0 Å². The minimum atomic E-state index is -1.04. The molecule has 0 unspecified atom stereocenters. The molecule has 0 bridgehead atoms. The molecule has 0 spiro atoms. The smallest absolute Gasteiger partial charge is 0.272 e. The fourth-order valence-corrected chi connectivity index (χ4v) is 1.63. The van der Waals surface area contributed by atoms with Crippen molar-refractivity contribution in [3.63, 3.8) is 0 Å². The summed E-state index contributed by atoms with van der Waals surface area (Å²) in [5, 5.41) is 25.2. The summed E-state index contributed by atoms with van der Waals surface area (Å²) in [6.07, 6.45) is 1.82. The molecule has 102 valence electrons. The Morgan fingerprint density at radius 3 is 2.56 bits per heavy atom. The third-order valence-corrected chi connectivity index (χ3v) is 3.04. The second kappa shape index (κ2) is 5.83. The Labute approximate surface area is 106 Å². The number of nitrogen functional groups attached to an aromatic ring is 1. The Morgan fingerprint density at radius 1 is 1.50 bits per heavy atom.